The molecule has 1 unspecified atom stereocenters. The number of halogens is 1. The van der Waals surface area contributed by atoms with Crippen molar-refractivity contribution >= 4 is 22.5 Å². The van der Waals surface area contributed by atoms with Crippen LogP contribution in [0.15, 0.2) is 60.7 Å². The molecule has 6 heteroatoms. The Hall–Kier alpha value is -2.99. The molecule has 0 aliphatic carbocycles. The molecule has 5 nitrogen and oxygen atoms in total. The number of hydrogen-bond acceptors (Lipinski definition) is 4. The number of ether oxygens (including phenoxy) is 2. The van der Waals surface area contributed by atoms with Crippen molar-refractivity contribution in [1.82, 2.24) is 9.47 Å². The third-order valence-corrected chi connectivity index (χ3v) is 7.51. The number of aromatic nitrogens is 1. The Balaban J connectivity index is 0.00000253. The Labute approximate surface area is 211 Å². The summed E-state index contributed by atoms with van der Waals surface area (Å²) in [5.41, 5.74) is 7.26. The van der Waals surface area contributed by atoms with E-state index in [-0.39, 0.29) is 20.2 Å². The summed E-state index contributed by atoms with van der Waals surface area (Å²) >= 11 is 6.35. The van der Waals surface area contributed by atoms with Gasteiger partial charge in [-0.25, -0.2) is 0 Å². The van der Waals surface area contributed by atoms with Crippen molar-refractivity contribution in [1.29, 1.82) is 0 Å². The van der Waals surface area contributed by atoms with Gasteiger partial charge in [0.1, 0.15) is 13.3 Å². The zero-order chi connectivity index (χ0) is 23.2. The first-order valence-electron chi connectivity index (χ1n) is 11.7. The number of rotatable bonds is 5. The first-order valence-corrected chi connectivity index (χ1v) is 12.1. The molecule has 0 spiro atoms. The molecule has 1 atom stereocenters. The lowest BCUT2D eigenvalue weighted by Gasteiger charge is -2.41. The van der Waals surface area contributed by atoms with Gasteiger partial charge in [0, 0.05) is 35.2 Å². The van der Waals surface area contributed by atoms with E-state index in [1.165, 1.54) is 22.4 Å². The van der Waals surface area contributed by atoms with Crippen molar-refractivity contribution < 1.29 is 14.6 Å². The van der Waals surface area contributed by atoms with Gasteiger partial charge in [0.25, 0.3) is 0 Å². The molecular weight excluding hydrogens is 460 g/mol. The van der Waals surface area contributed by atoms with Crippen molar-refractivity contribution in [3.05, 3.63) is 93.6 Å². The van der Waals surface area contributed by atoms with E-state index < -0.39 is 0 Å². The first-order chi connectivity index (χ1) is 16.7. The highest BCUT2D eigenvalue weighted by molar-refractivity contribution is 6.31. The lowest BCUT2D eigenvalue weighted by atomic mass is 9.85. The quantitative estimate of drug-likeness (QED) is 0.366. The molecule has 35 heavy (non-hydrogen) atoms. The first kappa shape index (κ1) is 23.7. The van der Waals surface area contributed by atoms with E-state index in [1.54, 1.807) is 7.11 Å². The van der Waals surface area contributed by atoms with Crippen LogP contribution in [0.3, 0.4) is 0 Å². The van der Waals surface area contributed by atoms with Gasteiger partial charge in [0.05, 0.1) is 12.6 Å². The molecule has 0 saturated carbocycles. The molecule has 0 bridgehead atoms. The van der Waals surface area contributed by atoms with Gasteiger partial charge < -0.3 is 19.1 Å². The van der Waals surface area contributed by atoms with Crippen LogP contribution in [0.2, 0.25) is 5.02 Å². The van der Waals surface area contributed by atoms with Crippen molar-refractivity contribution in [2.75, 3.05) is 13.7 Å². The van der Waals surface area contributed by atoms with Gasteiger partial charge in [-0.05, 0) is 65.4 Å². The molecule has 6 rings (SSSR count). The van der Waals surface area contributed by atoms with Crippen LogP contribution in [0.4, 0.5) is 0 Å². The van der Waals surface area contributed by atoms with Crippen molar-refractivity contribution in [3.8, 4) is 11.5 Å². The van der Waals surface area contributed by atoms with Gasteiger partial charge in [-0.15, -0.1) is 0 Å². The fourth-order valence-corrected chi connectivity index (χ4v) is 5.77. The lowest BCUT2D eigenvalue weighted by Crippen LogP contribution is -2.39. The van der Waals surface area contributed by atoms with Crippen LogP contribution >= 0.6 is 11.6 Å². The van der Waals surface area contributed by atoms with E-state index in [0.29, 0.717) is 6.61 Å². The van der Waals surface area contributed by atoms with Crippen LogP contribution < -0.4 is 9.47 Å². The largest absolute Gasteiger partial charge is 0.493 e. The zero-order valence-electron chi connectivity index (χ0n) is 19.1. The predicted molar refractivity (Wildman–Crippen MR) is 140 cm³/mol. The van der Waals surface area contributed by atoms with Gasteiger partial charge in [-0.2, -0.15) is 0 Å². The maximum Gasteiger partial charge on any atom is 0.161 e. The molecule has 0 fully saturated rings. The summed E-state index contributed by atoms with van der Waals surface area (Å²) in [4.78, 5) is 2.52. The normalized spacial score (nSPS) is 16.7. The highest BCUT2D eigenvalue weighted by Crippen LogP contribution is 2.45. The minimum atomic E-state index is -0.0293. The maximum absolute atomic E-state index is 10.1. The zero-order valence-corrected chi connectivity index (χ0v) is 19.9. The Morgan fingerprint density at radius 2 is 1.89 bits per heavy atom. The summed E-state index contributed by atoms with van der Waals surface area (Å²) in [6.07, 6.45) is 1.83. The van der Waals surface area contributed by atoms with Crippen molar-refractivity contribution in [2.24, 2.45) is 0 Å². The molecule has 1 N–H and O–H groups in total. The highest BCUT2D eigenvalue weighted by atomic mass is 35.5. The van der Waals surface area contributed by atoms with Gasteiger partial charge in [0.2, 0.25) is 0 Å². The Morgan fingerprint density at radius 3 is 2.66 bits per heavy atom. The SMILES string of the molecule is C.COc1cc2c(cc1OCc1ccccc1)CCN1Cc3c(c4cc(Cl)ccc4n3CO)CC21. The lowest BCUT2D eigenvalue weighted by molar-refractivity contribution is 0.145. The summed E-state index contributed by atoms with van der Waals surface area (Å²) in [5.74, 6) is 1.56. The second kappa shape index (κ2) is 9.57. The molecule has 182 valence electrons. The number of methoxy groups -OCH3 is 1. The Bertz CT molecular complexity index is 1370. The summed E-state index contributed by atoms with van der Waals surface area (Å²) < 4.78 is 14.0. The molecule has 1 aromatic heterocycles. The van der Waals surface area contributed by atoms with Gasteiger partial charge in [-0.1, -0.05) is 49.4 Å². The third kappa shape index (κ3) is 4.08. The van der Waals surface area contributed by atoms with E-state index >= 15 is 0 Å². The van der Waals surface area contributed by atoms with Crippen LogP contribution in [0.1, 0.15) is 41.4 Å². The summed E-state index contributed by atoms with van der Waals surface area (Å²) in [5, 5.41) is 12.0. The van der Waals surface area contributed by atoms with Crippen LogP contribution in [0.25, 0.3) is 10.9 Å². The number of aliphatic hydroxyl groups is 1. The molecule has 2 aliphatic heterocycles. The van der Waals surface area contributed by atoms with Crippen LogP contribution in [-0.4, -0.2) is 28.2 Å². The fraction of sp³-hybridized carbons (Fsp3) is 0.310. The minimum Gasteiger partial charge on any atom is -0.493 e. The van der Waals surface area contributed by atoms with Crippen molar-refractivity contribution in [2.45, 2.75) is 46.2 Å². The van der Waals surface area contributed by atoms with Gasteiger partial charge >= 0.3 is 0 Å². The van der Waals surface area contributed by atoms with E-state index in [4.69, 9.17) is 21.1 Å². The topological polar surface area (TPSA) is 46.9 Å². The number of fused-ring (bicyclic) bond motifs is 6. The molecule has 3 aromatic carbocycles. The van der Waals surface area contributed by atoms with E-state index in [9.17, 15) is 5.11 Å². The second-order valence-corrected chi connectivity index (χ2v) is 9.51. The molecule has 0 radical (unpaired) electrons. The number of nitrogens with zero attached hydrogens (tertiary/aromatic N) is 2. The Morgan fingerprint density at radius 1 is 1.06 bits per heavy atom. The second-order valence-electron chi connectivity index (χ2n) is 9.07. The maximum atomic E-state index is 10.1. The van der Waals surface area contributed by atoms with Crippen LogP contribution in [0.5, 0.6) is 11.5 Å². The Kier molecular flexibility index (Phi) is 6.49. The summed E-state index contributed by atoms with van der Waals surface area (Å²) in [7, 11) is 1.70. The average Bonchev–Trinajstić information content (AvgIpc) is 3.17. The van der Waals surface area contributed by atoms with E-state index in [0.717, 1.165) is 58.9 Å². The van der Waals surface area contributed by atoms with Crippen molar-refractivity contribution in [3.63, 3.8) is 0 Å². The van der Waals surface area contributed by atoms with E-state index in [1.807, 2.05) is 41.0 Å². The van der Waals surface area contributed by atoms with Gasteiger partial charge in [0.15, 0.2) is 11.5 Å². The standard InChI is InChI=1S/C28H27ClN2O3.CH4/c1-33-27-14-21-19(11-28(27)34-16-18-5-3-2-4-6-18)9-10-30-15-26-23(13-25(21)30)22-12-20(29)7-8-24(22)31(26)17-32;/h2-8,11-12,14,25,32H,9-10,13,15-17H2,1H3;1H4. The number of hydrogen-bond donors (Lipinski definition) is 1. The smallest absolute Gasteiger partial charge is 0.161 e. The predicted octanol–water partition coefficient (Wildman–Crippen LogP) is 6.12. The molecule has 2 aliphatic rings. The third-order valence-electron chi connectivity index (χ3n) is 7.27. The number of aliphatic hydroxyl groups excluding tert-OH is 1. The summed E-state index contributed by atoms with van der Waals surface area (Å²) in [6.45, 7) is 2.25. The number of benzene rings is 3. The average molecular weight is 491 g/mol. The van der Waals surface area contributed by atoms with E-state index in [2.05, 4.69) is 29.2 Å². The summed E-state index contributed by atoms with van der Waals surface area (Å²) in [6, 6.07) is 20.7. The monoisotopic (exact) mass is 490 g/mol. The molecule has 0 amide bonds. The minimum absolute atomic E-state index is 0. The molecule has 4 aromatic rings. The molecule has 0 saturated heterocycles. The molecule has 3 heterocycles. The van der Waals surface area contributed by atoms with Gasteiger partial charge in [-0.3, -0.25) is 4.90 Å². The van der Waals surface area contributed by atoms with Crippen LogP contribution in [0, 0.1) is 0 Å². The fourth-order valence-electron chi connectivity index (χ4n) is 5.60. The molecular formula is C29H31ClN2O3. The van der Waals surface area contributed by atoms with Crippen LogP contribution in [-0.2, 0) is 32.7 Å². The highest BCUT2D eigenvalue weighted by Gasteiger charge is 2.36.